The summed E-state index contributed by atoms with van der Waals surface area (Å²) in [5.74, 6) is 0.352. The Balaban J connectivity index is 2.26. The number of carbonyl (C=O) groups is 1. The van der Waals surface area contributed by atoms with Gasteiger partial charge in [-0.05, 0) is 44.1 Å². The summed E-state index contributed by atoms with van der Waals surface area (Å²) < 4.78 is 5.42. The molecule has 0 unspecified atom stereocenters. The topological polar surface area (TPSA) is 49.8 Å². The van der Waals surface area contributed by atoms with Crippen molar-refractivity contribution in [3.05, 3.63) is 29.8 Å². The van der Waals surface area contributed by atoms with E-state index in [1.807, 2.05) is 30.9 Å². The van der Waals surface area contributed by atoms with Gasteiger partial charge >= 0.3 is 0 Å². The molecule has 1 N–H and O–H groups in total. The smallest absolute Gasteiger partial charge is 0.259 e. The lowest BCUT2D eigenvalue weighted by atomic mass is 10.1. The van der Waals surface area contributed by atoms with Gasteiger partial charge in [-0.3, -0.25) is 4.79 Å². The van der Waals surface area contributed by atoms with E-state index in [2.05, 4.69) is 0 Å². The molecule has 0 aliphatic carbocycles. The third-order valence-corrected chi connectivity index (χ3v) is 3.67. The monoisotopic (exact) mass is 309 g/mol. The van der Waals surface area contributed by atoms with Crippen molar-refractivity contribution in [1.82, 2.24) is 4.90 Å². The number of carbonyl (C=O) groups excluding carboxylic acids is 1. The number of Topliss-reactive ketones (excluding diaryl/α,β-unsaturated/α-hetero) is 1. The second-order valence-corrected chi connectivity index (χ2v) is 5.05. The summed E-state index contributed by atoms with van der Waals surface area (Å²) in [7, 11) is 0. The molecule has 0 radical (unpaired) electrons. The highest BCUT2D eigenvalue weighted by Gasteiger charge is 2.09. The normalized spacial score (nSPS) is 10.2. The minimum Gasteiger partial charge on any atom is -0.508 e. The van der Waals surface area contributed by atoms with Gasteiger partial charge in [0.15, 0.2) is 0 Å². The first-order valence-electron chi connectivity index (χ1n) is 7.28. The van der Waals surface area contributed by atoms with Crippen molar-refractivity contribution < 1.29 is 14.6 Å². The highest BCUT2D eigenvalue weighted by molar-refractivity contribution is 7.80. The summed E-state index contributed by atoms with van der Waals surface area (Å²) >= 11 is 5.14. The van der Waals surface area contributed by atoms with Gasteiger partial charge in [-0.1, -0.05) is 18.2 Å². The highest BCUT2D eigenvalue weighted by Crippen LogP contribution is 2.17. The van der Waals surface area contributed by atoms with Crippen LogP contribution in [0.2, 0.25) is 0 Å². The van der Waals surface area contributed by atoms with Crippen LogP contribution in [-0.2, 0) is 16.0 Å². The van der Waals surface area contributed by atoms with Crippen LogP contribution in [0, 0.1) is 0 Å². The summed E-state index contributed by atoms with van der Waals surface area (Å²) in [5.41, 5.74) is 0.797. The van der Waals surface area contributed by atoms with Gasteiger partial charge in [0, 0.05) is 25.9 Å². The molecular weight excluding hydrogens is 286 g/mol. The Labute approximate surface area is 131 Å². The van der Waals surface area contributed by atoms with Crippen molar-refractivity contribution in [2.75, 3.05) is 19.7 Å². The van der Waals surface area contributed by atoms with E-state index < -0.39 is 0 Å². The zero-order valence-corrected chi connectivity index (χ0v) is 13.5. The molecule has 0 heterocycles. The van der Waals surface area contributed by atoms with Crippen molar-refractivity contribution >= 4 is 23.2 Å². The molecule has 0 spiro atoms. The van der Waals surface area contributed by atoms with Gasteiger partial charge in [0.05, 0.1) is 6.61 Å². The number of thiocarbonyl (C=S) groups is 1. The quantitative estimate of drug-likeness (QED) is 0.748. The number of ketones is 1. The first-order chi connectivity index (χ1) is 10.1. The number of aryl methyl sites for hydroxylation is 1. The minimum atomic E-state index is 0.112. The van der Waals surface area contributed by atoms with Crippen molar-refractivity contribution in [1.29, 1.82) is 0 Å². The number of rotatable bonds is 8. The van der Waals surface area contributed by atoms with Gasteiger partial charge in [-0.25, -0.2) is 0 Å². The number of para-hydroxylation sites is 1. The Morgan fingerprint density at radius 2 is 1.90 bits per heavy atom. The van der Waals surface area contributed by atoms with Crippen LogP contribution in [0.25, 0.3) is 0 Å². The Hall–Kier alpha value is -1.62. The average molecular weight is 309 g/mol. The Kier molecular flexibility index (Phi) is 7.75. The number of hydrogen-bond acceptors (Lipinski definition) is 4. The molecule has 5 heteroatoms. The van der Waals surface area contributed by atoms with E-state index in [1.54, 1.807) is 12.1 Å². The number of phenols is 1. The molecule has 0 saturated carbocycles. The van der Waals surface area contributed by atoms with Crippen LogP contribution in [0.3, 0.4) is 0 Å². The third-order valence-electron chi connectivity index (χ3n) is 3.29. The van der Waals surface area contributed by atoms with E-state index in [0.717, 1.165) is 18.7 Å². The van der Waals surface area contributed by atoms with Crippen LogP contribution in [-0.4, -0.2) is 40.7 Å². The predicted octanol–water partition coefficient (Wildman–Crippen LogP) is 2.93. The molecule has 0 amide bonds. The highest BCUT2D eigenvalue weighted by atomic mass is 32.1. The maximum Gasteiger partial charge on any atom is 0.259 e. The fourth-order valence-electron chi connectivity index (χ4n) is 1.95. The molecule has 0 fully saturated rings. The van der Waals surface area contributed by atoms with E-state index in [0.29, 0.717) is 31.0 Å². The zero-order valence-electron chi connectivity index (χ0n) is 12.7. The van der Waals surface area contributed by atoms with E-state index in [-0.39, 0.29) is 11.5 Å². The van der Waals surface area contributed by atoms with Gasteiger partial charge in [0.2, 0.25) is 0 Å². The number of aromatic hydroxyl groups is 1. The number of benzene rings is 1. The molecule has 1 aromatic rings. The lowest BCUT2D eigenvalue weighted by Gasteiger charge is -2.21. The van der Waals surface area contributed by atoms with Crippen molar-refractivity contribution in [2.45, 2.75) is 33.1 Å². The van der Waals surface area contributed by atoms with Gasteiger partial charge < -0.3 is 14.7 Å². The molecule has 21 heavy (non-hydrogen) atoms. The lowest BCUT2D eigenvalue weighted by molar-refractivity contribution is -0.119. The maximum absolute atomic E-state index is 11.8. The third kappa shape index (κ3) is 6.12. The summed E-state index contributed by atoms with van der Waals surface area (Å²) in [6.07, 6.45) is 1.29. The molecule has 1 aromatic carbocycles. The summed E-state index contributed by atoms with van der Waals surface area (Å²) in [4.78, 5) is 13.7. The van der Waals surface area contributed by atoms with Gasteiger partial charge in [-0.15, -0.1) is 0 Å². The van der Waals surface area contributed by atoms with Crippen molar-refractivity contribution in [2.24, 2.45) is 0 Å². The molecule has 0 aliphatic rings. The molecular formula is C16H23NO3S. The van der Waals surface area contributed by atoms with Crippen LogP contribution in [0.15, 0.2) is 24.3 Å². The number of nitrogens with zero attached hydrogens (tertiary/aromatic N) is 1. The average Bonchev–Trinajstić information content (AvgIpc) is 2.47. The largest absolute Gasteiger partial charge is 0.508 e. The van der Waals surface area contributed by atoms with Crippen LogP contribution in [0.1, 0.15) is 32.3 Å². The molecule has 0 aliphatic heterocycles. The molecule has 4 nitrogen and oxygen atoms in total. The van der Waals surface area contributed by atoms with Crippen LogP contribution >= 0.6 is 12.2 Å². The molecule has 0 atom stereocenters. The van der Waals surface area contributed by atoms with Crippen molar-refractivity contribution in [3.8, 4) is 5.75 Å². The predicted molar refractivity (Wildman–Crippen MR) is 87.5 cm³/mol. The maximum atomic E-state index is 11.8. The zero-order chi connectivity index (χ0) is 15.7. The Morgan fingerprint density at radius 3 is 2.52 bits per heavy atom. The number of phenolic OH excluding ortho intramolecular Hbond substituents is 1. The Morgan fingerprint density at radius 1 is 1.24 bits per heavy atom. The SMILES string of the molecule is CCN(CC)C(=S)OCCC(=O)CCc1ccccc1O. The van der Waals surface area contributed by atoms with E-state index in [4.69, 9.17) is 17.0 Å². The summed E-state index contributed by atoms with van der Waals surface area (Å²) in [6.45, 7) is 5.94. The van der Waals surface area contributed by atoms with E-state index >= 15 is 0 Å². The molecule has 0 bridgehead atoms. The summed E-state index contributed by atoms with van der Waals surface area (Å²) in [6, 6.07) is 7.08. The Bertz CT molecular complexity index is 472. The van der Waals surface area contributed by atoms with E-state index in [9.17, 15) is 9.90 Å². The second kappa shape index (κ2) is 9.34. The van der Waals surface area contributed by atoms with Crippen molar-refractivity contribution in [3.63, 3.8) is 0 Å². The summed E-state index contributed by atoms with van der Waals surface area (Å²) in [5, 5.41) is 10.1. The minimum absolute atomic E-state index is 0.112. The fraction of sp³-hybridized carbons (Fsp3) is 0.500. The van der Waals surface area contributed by atoms with Crippen LogP contribution in [0.5, 0.6) is 5.75 Å². The first kappa shape index (κ1) is 17.4. The molecule has 1 rings (SSSR count). The number of hydrogen-bond donors (Lipinski definition) is 1. The fourth-order valence-corrected chi connectivity index (χ4v) is 2.29. The lowest BCUT2D eigenvalue weighted by Crippen LogP contribution is -2.31. The number of ether oxygens (including phenoxy) is 1. The second-order valence-electron chi connectivity index (χ2n) is 4.70. The van der Waals surface area contributed by atoms with E-state index in [1.165, 1.54) is 0 Å². The molecule has 0 aromatic heterocycles. The van der Waals surface area contributed by atoms with Crippen LogP contribution in [0.4, 0.5) is 0 Å². The van der Waals surface area contributed by atoms with Crippen LogP contribution < -0.4 is 0 Å². The molecule has 0 saturated heterocycles. The molecule has 116 valence electrons. The van der Waals surface area contributed by atoms with Gasteiger partial charge in [-0.2, -0.15) is 0 Å². The standard InChI is InChI=1S/C16H23NO3S/c1-3-17(4-2)16(21)20-12-11-14(18)10-9-13-7-5-6-8-15(13)19/h5-8,19H,3-4,9-12H2,1-2H3. The first-order valence-corrected chi connectivity index (χ1v) is 7.69. The van der Waals surface area contributed by atoms with Gasteiger partial charge in [0.25, 0.3) is 5.17 Å². The van der Waals surface area contributed by atoms with Gasteiger partial charge in [0.1, 0.15) is 11.5 Å².